The Morgan fingerprint density at radius 3 is 2.80 bits per heavy atom. The molecule has 3 N–H and O–H groups in total. The van der Waals surface area contributed by atoms with Crippen molar-refractivity contribution < 1.29 is 24.3 Å². The fourth-order valence-corrected chi connectivity index (χ4v) is 0.948. The van der Waals surface area contributed by atoms with Crippen molar-refractivity contribution in [2.75, 3.05) is 6.61 Å². The van der Waals surface area contributed by atoms with E-state index >= 15 is 0 Å². The highest BCUT2D eigenvalue weighted by molar-refractivity contribution is 5.94. The van der Waals surface area contributed by atoms with E-state index in [1.807, 2.05) is 0 Å². The van der Waals surface area contributed by atoms with E-state index in [-0.39, 0.29) is 18.7 Å². The zero-order valence-electron chi connectivity index (χ0n) is 7.71. The van der Waals surface area contributed by atoms with E-state index in [9.17, 15) is 9.59 Å². The van der Waals surface area contributed by atoms with Gasteiger partial charge in [0.15, 0.2) is 5.69 Å². The van der Waals surface area contributed by atoms with Gasteiger partial charge in [-0.3, -0.25) is 4.79 Å². The fourth-order valence-electron chi connectivity index (χ4n) is 0.948. The first-order valence-electron chi connectivity index (χ1n) is 4.20. The number of hydrogen-bond donors (Lipinski definition) is 3. The Morgan fingerprint density at radius 1 is 1.60 bits per heavy atom. The number of amides is 1. The molecular weight excluding hydrogens is 204 g/mol. The van der Waals surface area contributed by atoms with Crippen LogP contribution in [0.15, 0.2) is 16.9 Å². The van der Waals surface area contributed by atoms with Crippen LogP contribution in [0.4, 0.5) is 0 Å². The number of hydrogen-bond acceptors (Lipinski definition) is 5. The third-order valence-electron chi connectivity index (χ3n) is 1.69. The second-order valence-electron chi connectivity index (χ2n) is 2.76. The molecular formula is C8H10N2O5. The maximum atomic E-state index is 11.3. The van der Waals surface area contributed by atoms with E-state index in [2.05, 4.69) is 15.0 Å². The third-order valence-corrected chi connectivity index (χ3v) is 1.69. The maximum Gasteiger partial charge on any atom is 0.326 e. The summed E-state index contributed by atoms with van der Waals surface area (Å²) < 4.78 is 4.43. The molecule has 1 heterocycles. The summed E-state index contributed by atoms with van der Waals surface area (Å²) in [6.07, 6.45) is 1.15. The lowest BCUT2D eigenvalue weighted by atomic mass is 10.2. The topological polar surface area (TPSA) is 113 Å². The standard InChI is InChI=1S/C8H10N2O5/c11-3-1-6(8(13)14)9-7(12)5-2-4-15-10-5/h2,4,6,11H,1,3H2,(H,9,12)(H,13,14). The molecule has 0 bridgehead atoms. The van der Waals surface area contributed by atoms with Gasteiger partial charge in [0.2, 0.25) is 0 Å². The van der Waals surface area contributed by atoms with Crippen LogP contribution < -0.4 is 5.32 Å². The molecule has 1 rings (SSSR count). The van der Waals surface area contributed by atoms with Crippen molar-refractivity contribution in [3.63, 3.8) is 0 Å². The largest absolute Gasteiger partial charge is 0.480 e. The van der Waals surface area contributed by atoms with Crippen molar-refractivity contribution in [3.8, 4) is 0 Å². The number of rotatable bonds is 5. The number of nitrogens with one attached hydrogen (secondary N) is 1. The van der Waals surface area contributed by atoms with Crippen molar-refractivity contribution in [2.45, 2.75) is 12.5 Å². The first-order valence-corrected chi connectivity index (χ1v) is 4.20. The summed E-state index contributed by atoms with van der Waals surface area (Å²) in [5.74, 6) is -1.86. The highest BCUT2D eigenvalue weighted by Crippen LogP contribution is 1.97. The quantitative estimate of drug-likeness (QED) is 0.593. The van der Waals surface area contributed by atoms with Crippen molar-refractivity contribution >= 4 is 11.9 Å². The van der Waals surface area contributed by atoms with Crippen molar-refractivity contribution in [3.05, 3.63) is 18.0 Å². The van der Waals surface area contributed by atoms with E-state index in [1.54, 1.807) is 0 Å². The summed E-state index contributed by atoms with van der Waals surface area (Å²) in [6, 6.07) is 0.187. The number of carbonyl (C=O) groups is 2. The number of aliphatic carboxylic acids is 1. The molecule has 1 aromatic rings. The van der Waals surface area contributed by atoms with Crippen LogP contribution in [-0.4, -0.2) is 39.9 Å². The second kappa shape index (κ2) is 5.11. The van der Waals surface area contributed by atoms with Gasteiger partial charge < -0.3 is 20.1 Å². The summed E-state index contributed by atoms with van der Waals surface area (Å²) in [5, 5.41) is 22.8. The zero-order chi connectivity index (χ0) is 11.3. The average Bonchev–Trinajstić information content (AvgIpc) is 2.69. The Kier molecular flexibility index (Phi) is 3.81. The van der Waals surface area contributed by atoms with Crippen LogP contribution in [0.3, 0.4) is 0 Å². The van der Waals surface area contributed by atoms with Gasteiger partial charge in [0, 0.05) is 19.1 Å². The first kappa shape index (κ1) is 11.2. The number of carboxylic acids is 1. The molecule has 0 saturated heterocycles. The number of carboxylic acid groups (broad SMARTS) is 1. The van der Waals surface area contributed by atoms with Crippen LogP contribution in [0.25, 0.3) is 0 Å². The molecule has 0 aromatic carbocycles. The number of aliphatic hydroxyl groups is 1. The molecule has 15 heavy (non-hydrogen) atoms. The Hall–Kier alpha value is -1.89. The molecule has 0 aliphatic rings. The fraction of sp³-hybridized carbons (Fsp3) is 0.375. The molecule has 82 valence electrons. The summed E-state index contributed by atoms with van der Waals surface area (Å²) >= 11 is 0. The van der Waals surface area contributed by atoms with Crippen LogP contribution in [-0.2, 0) is 4.79 Å². The third kappa shape index (κ3) is 3.06. The summed E-state index contributed by atoms with van der Waals surface area (Å²) in [5.41, 5.74) is -0.000750. The molecule has 0 spiro atoms. The molecule has 0 saturated carbocycles. The average molecular weight is 214 g/mol. The molecule has 1 atom stereocenters. The zero-order valence-corrected chi connectivity index (χ0v) is 7.71. The van der Waals surface area contributed by atoms with Gasteiger partial charge in [-0.1, -0.05) is 5.16 Å². The second-order valence-corrected chi connectivity index (χ2v) is 2.76. The number of aromatic nitrogens is 1. The summed E-state index contributed by atoms with van der Waals surface area (Å²) in [4.78, 5) is 21.9. The van der Waals surface area contributed by atoms with Crippen LogP contribution in [0.1, 0.15) is 16.9 Å². The summed E-state index contributed by atoms with van der Waals surface area (Å²) in [6.45, 7) is -0.323. The van der Waals surface area contributed by atoms with Gasteiger partial charge in [-0.25, -0.2) is 4.79 Å². The van der Waals surface area contributed by atoms with E-state index in [4.69, 9.17) is 10.2 Å². The minimum Gasteiger partial charge on any atom is -0.480 e. The molecule has 1 unspecified atom stereocenters. The maximum absolute atomic E-state index is 11.3. The number of aliphatic hydroxyl groups excluding tert-OH is 1. The lowest BCUT2D eigenvalue weighted by Crippen LogP contribution is -2.41. The van der Waals surface area contributed by atoms with Crippen molar-refractivity contribution in [1.29, 1.82) is 0 Å². The van der Waals surface area contributed by atoms with Crippen LogP contribution in [0.5, 0.6) is 0 Å². The van der Waals surface area contributed by atoms with Gasteiger partial charge in [0.25, 0.3) is 5.91 Å². The highest BCUT2D eigenvalue weighted by Gasteiger charge is 2.20. The van der Waals surface area contributed by atoms with Crippen LogP contribution >= 0.6 is 0 Å². The van der Waals surface area contributed by atoms with Crippen molar-refractivity contribution in [2.24, 2.45) is 0 Å². The molecule has 1 aromatic heterocycles. The molecule has 0 radical (unpaired) electrons. The van der Waals surface area contributed by atoms with E-state index < -0.39 is 17.9 Å². The Bertz CT molecular complexity index is 335. The monoisotopic (exact) mass is 214 g/mol. The van der Waals surface area contributed by atoms with Crippen LogP contribution in [0.2, 0.25) is 0 Å². The predicted molar refractivity (Wildman–Crippen MR) is 47.1 cm³/mol. The molecule has 0 aliphatic heterocycles. The smallest absolute Gasteiger partial charge is 0.326 e. The van der Waals surface area contributed by atoms with Crippen molar-refractivity contribution in [1.82, 2.24) is 10.5 Å². The van der Waals surface area contributed by atoms with E-state index in [1.165, 1.54) is 12.3 Å². The number of nitrogens with zero attached hydrogens (tertiary/aromatic N) is 1. The summed E-state index contributed by atoms with van der Waals surface area (Å²) in [7, 11) is 0. The minimum atomic E-state index is -1.21. The van der Waals surface area contributed by atoms with Gasteiger partial charge in [-0.05, 0) is 0 Å². The van der Waals surface area contributed by atoms with Gasteiger partial charge in [-0.15, -0.1) is 0 Å². The van der Waals surface area contributed by atoms with Gasteiger partial charge >= 0.3 is 5.97 Å². The normalized spacial score (nSPS) is 12.1. The molecule has 0 fully saturated rings. The van der Waals surface area contributed by atoms with E-state index in [0.29, 0.717) is 0 Å². The molecule has 1 amide bonds. The Labute approximate surface area is 84.7 Å². The lowest BCUT2D eigenvalue weighted by molar-refractivity contribution is -0.139. The number of carbonyl (C=O) groups excluding carboxylic acids is 1. The van der Waals surface area contributed by atoms with E-state index in [0.717, 1.165) is 0 Å². The molecule has 0 aliphatic carbocycles. The minimum absolute atomic E-state index is 0.000750. The van der Waals surface area contributed by atoms with Gasteiger partial charge in [0.05, 0.1) is 0 Å². The van der Waals surface area contributed by atoms with Gasteiger partial charge in [-0.2, -0.15) is 0 Å². The van der Waals surface area contributed by atoms with Gasteiger partial charge in [0.1, 0.15) is 12.3 Å². The predicted octanol–water partition coefficient (Wildman–Crippen LogP) is -0.760. The highest BCUT2D eigenvalue weighted by atomic mass is 16.5. The Morgan fingerprint density at radius 2 is 2.33 bits per heavy atom. The molecule has 7 nitrogen and oxygen atoms in total. The van der Waals surface area contributed by atoms with Crippen LogP contribution in [0, 0.1) is 0 Å². The SMILES string of the molecule is O=C(NC(CCO)C(=O)O)c1ccon1. The Balaban J connectivity index is 2.59. The lowest BCUT2D eigenvalue weighted by Gasteiger charge is -2.11. The first-order chi connectivity index (χ1) is 7.15. The molecule has 7 heteroatoms.